The number of pyridine rings is 1. The highest BCUT2D eigenvalue weighted by molar-refractivity contribution is 5.17. The highest BCUT2D eigenvalue weighted by atomic mass is 16.5. The molecule has 0 amide bonds. The van der Waals surface area contributed by atoms with Gasteiger partial charge < -0.3 is 10.1 Å². The number of nitrogens with zero attached hydrogens (tertiary/aromatic N) is 1. The molecule has 0 aromatic carbocycles. The van der Waals surface area contributed by atoms with Crippen molar-refractivity contribution in [2.45, 2.75) is 25.4 Å². The van der Waals surface area contributed by atoms with Crippen molar-refractivity contribution in [3.8, 4) is 5.88 Å². The lowest BCUT2D eigenvalue weighted by molar-refractivity contribution is 0.397. The van der Waals surface area contributed by atoms with Crippen LogP contribution in [0.15, 0.2) is 30.5 Å². The zero-order valence-corrected chi connectivity index (χ0v) is 8.94. The summed E-state index contributed by atoms with van der Waals surface area (Å²) in [6.07, 6.45) is 8.59. The molecule has 0 bridgehead atoms. The van der Waals surface area contributed by atoms with Crippen LogP contribution in [0.1, 0.15) is 18.4 Å². The van der Waals surface area contributed by atoms with Gasteiger partial charge in [-0.15, -0.1) is 0 Å². The first-order valence-electron chi connectivity index (χ1n) is 5.26. The Bertz CT molecular complexity index is 324. The summed E-state index contributed by atoms with van der Waals surface area (Å²) in [5.74, 6) is 0.668. The van der Waals surface area contributed by atoms with Crippen LogP contribution in [0.5, 0.6) is 5.88 Å². The van der Waals surface area contributed by atoms with Crippen molar-refractivity contribution in [3.63, 3.8) is 0 Å². The van der Waals surface area contributed by atoms with E-state index in [-0.39, 0.29) is 0 Å². The molecule has 1 aliphatic carbocycles. The predicted octanol–water partition coefficient (Wildman–Crippen LogP) is 1.90. The molecule has 15 heavy (non-hydrogen) atoms. The SMILES string of the molecule is COc1ccc(CNC2CC=CC2)cn1. The van der Waals surface area contributed by atoms with E-state index in [0.29, 0.717) is 11.9 Å². The third kappa shape index (κ3) is 2.80. The fourth-order valence-electron chi connectivity index (χ4n) is 1.68. The lowest BCUT2D eigenvalue weighted by Crippen LogP contribution is -2.25. The lowest BCUT2D eigenvalue weighted by atomic mass is 10.2. The molecule has 80 valence electrons. The summed E-state index contributed by atoms with van der Waals surface area (Å²) in [6, 6.07) is 4.54. The van der Waals surface area contributed by atoms with Gasteiger partial charge in [0, 0.05) is 24.8 Å². The van der Waals surface area contributed by atoms with E-state index in [1.165, 1.54) is 5.56 Å². The van der Waals surface area contributed by atoms with Gasteiger partial charge in [0.1, 0.15) is 0 Å². The van der Waals surface area contributed by atoms with Crippen LogP contribution >= 0.6 is 0 Å². The second-order valence-corrected chi connectivity index (χ2v) is 3.73. The molecule has 3 nitrogen and oxygen atoms in total. The van der Waals surface area contributed by atoms with Crippen LogP contribution in [0.4, 0.5) is 0 Å². The van der Waals surface area contributed by atoms with Gasteiger partial charge in [-0.25, -0.2) is 4.98 Å². The first-order valence-corrected chi connectivity index (χ1v) is 5.26. The van der Waals surface area contributed by atoms with Gasteiger partial charge in [0.05, 0.1) is 7.11 Å². The molecule has 1 aromatic rings. The molecular weight excluding hydrogens is 188 g/mol. The fraction of sp³-hybridized carbons (Fsp3) is 0.417. The summed E-state index contributed by atoms with van der Waals surface area (Å²) in [5.41, 5.74) is 1.20. The van der Waals surface area contributed by atoms with Gasteiger partial charge in [-0.2, -0.15) is 0 Å². The maximum Gasteiger partial charge on any atom is 0.212 e. The second-order valence-electron chi connectivity index (χ2n) is 3.73. The molecule has 2 rings (SSSR count). The topological polar surface area (TPSA) is 34.1 Å². The molecule has 1 heterocycles. The Morgan fingerprint density at radius 1 is 1.40 bits per heavy atom. The van der Waals surface area contributed by atoms with Gasteiger partial charge in [0.25, 0.3) is 0 Å². The maximum atomic E-state index is 5.01. The third-order valence-corrected chi connectivity index (χ3v) is 2.61. The summed E-state index contributed by atoms with van der Waals surface area (Å²) >= 11 is 0. The number of hydrogen-bond donors (Lipinski definition) is 1. The Hall–Kier alpha value is -1.35. The molecule has 0 saturated carbocycles. The van der Waals surface area contributed by atoms with Crippen LogP contribution < -0.4 is 10.1 Å². The first-order chi connectivity index (χ1) is 7.38. The van der Waals surface area contributed by atoms with E-state index in [1.807, 2.05) is 18.3 Å². The van der Waals surface area contributed by atoms with Crippen molar-refractivity contribution in [2.24, 2.45) is 0 Å². The van der Waals surface area contributed by atoms with Crippen LogP contribution in [-0.2, 0) is 6.54 Å². The zero-order chi connectivity index (χ0) is 10.5. The van der Waals surface area contributed by atoms with Crippen LogP contribution in [0.3, 0.4) is 0 Å². The molecule has 0 radical (unpaired) electrons. The van der Waals surface area contributed by atoms with Crippen LogP contribution in [-0.4, -0.2) is 18.1 Å². The Kier molecular flexibility index (Phi) is 3.35. The van der Waals surface area contributed by atoms with Gasteiger partial charge in [-0.3, -0.25) is 0 Å². The Labute approximate surface area is 90.2 Å². The molecular formula is C12H16N2O. The van der Waals surface area contributed by atoms with Crippen molar-refractivity contribution in [2.75, 3.05) is 7.11 Å². The molecule has 1 aromatic heterocycles. The molecule has 1 N–H and O–H groups in total. The number of rotatable bonds is 4. The maximum absolute atomic E-state index is 5.01. The Morgan fingerprint density at radius 3 is 2.80 bits per heavy atom. The monoisotopic (exact) mass is 204 g/mol. The lowest BCUT2D eigenvalue weighted by Gasteiger charge is -2.11. The largest absolute Gasteiger partial charge is 0.481 e. The minimum atomic E-state index is 0.604. The molecule has 0 aliphatic heterocycles. The van der Waals surface area contributed by atoms with Crippen molar-refractivity contribution < 1.29 is 4.74 Å². The van der Waals surface area contributed by atoms with Crippen LogP contribution in [0.2, 0.25) is 0 Å². The quantitative estimate of drug-likeness (QED) is 0.761. The molecule has 0 unspecified atom stereocenters. The molecule has 0 atom stereocenters. The van der Waals surface area contributed by atoms with Crippen LogP contribution in [0.25, 0.3) is 0 Å². The number of ether oxygens (including phenoxy) is 1. The highest BCUT2D eigenvalue weighted by Crippen LogP contribution is 2.11. The average Bonchev–Trinajstić information content (AvgIpc) is 2.80. The van der Waals surface area contributed by atoms with E-state index >= 15 is 0 Å². The fourth-order valence-corrected chi connectivity index (χ4v) is 1.68. The van der Waals surface area contributed by atoms with Crippen molar-refractivity contribution in [1.29, 1.82) is 0 Å². The van der Waals surface area contributed by atoms with Gasteiger partial charge in [0.2, 0.25) is 5.88 Å². The van der Waals surface area contributed by atoms with Gasteiger partial charge in [-0.05, 0) is 18.4 Å². The third-order valence-electron chi connectivity index (χ3n) is 2.61. The minimum absolute atomic E-state index is 0.604. The number of methoxy groups -OCH3 is 1. The van der Waals surface area contributed by atoms with Gasteiger partial charge >= 0.3 is 0 Å². The number of hydrogen-bond acceptors (Lipinski definition) is 3. The molecule has 0 saturated heterocycles. The van der Waals surface area contributed by atoms with Crippen molar-refractivity contribution in [1.82, 2.24) is 10.3 Å². The molecule has 0 spiro atoms. The van der Waals surface area contributed by atoms with E-state index in [2.05, 4.69) is 22.5 Å². The van der Waals surface area contributed by atoms with Gasteiger partial charge in [-0.1, -0.05) is 18.2 Å². The standard InChI is InChI=1S/C12H16N2O/c1-15-12-7-6-10(9-14-12)8-13-11-4-2-3-5-11/h2-3,6-7,9,11,13H,4-5,8H2,1H3. The van der Waals surface area contributed by atoms with E-state index in [1.54, 1.807) is 7.11 Å². The normalized spacial score (nSPS) is 15.8. The highest BCUT2D eigenvalue weighted by Gasteiger charge is 2.08. The van der Waals surface area contributed by atoms with E-state index in [4.69, 9.17) is 4.74 Å². The van der Waals surface area contributed by atoms with Gasteiger partial charge in [0.15, 0.2) is 0 Å². The summed E-state index contributed by atoms with van der Waals surface area (Å²) in [7, 11) is 1.63. The van der Waals surface area contributed by atoms with Crippen molar-refractivity contribution in [3.05, 3.63) is 36.0 Å². The first kappa shape index (κ1) is 10.2. The Balaban J connectivity index is 1.82. The molecule has 0 fully saturated rings. The zero-order valence-electron chi connectivity index (χ0n) is 8.94. The van der Waals surface area contributed by atoms with E-state index < -0.39 is 0 Å². The van der Waals surface area contributed by atoms with Crippen molar-refractivity contribution >= 4 is 0 Å². The number of nitrogens with one attached hydrogen (secondary N) is 1. The van der Waals surface area contributed by atoms with Crippen LogP contribution in [0, 0.1) is 0 Å². The average molecular weight is 204 g/mol. The predicted molar refractivity (Wildman–Crippen MR) is 59.8 cm³/mol. The summed E-state index contributed by atoms with van der Waals surface area (Å²) in [4.78, 5) is 4.16. The smallest absolute Gasteiger partial charge is 0.212 e. The molecule has 3 heteroatoms. The second kappa shape index (κ2) is 4.94. The number of aromatic nitrogens is 1. The van der Waals surface area contributed by atoms with E-state index in [0.717, 1.165) is 19.4 Å². The molecule has 1 aliphatic rings. The van der Waals surface area contributed by atoms with E-state index in [9.17, 15) is 0 Å². The summed E-state index contributed by atoms with van der Waals surface area (Å²) in [6.45, 7) is 0.878. The summed E-state index contributed by atoms with van der Waals surface area (Å²) in [5, 5.41) is 3.49. The Morgan fingerprint density at radius 2 is 2.20 bits per heavy atom. The summed E-state index contributed by atoms with van der Waals surface area (Å²) < 4.78 is 5.01. The minimum Gasteiger partial charge on any atom is -0.481 e.